The van der Waals surface area contributed by atoms with Crippen molar-refractivity contribution in [1.82, 2.24) is 29.6 Å². The number of anilines is 1. The third-order valence-electron chi connectivity index (χ3n) is 4.80. The Morgan fingerprint density at radius 1 is 1.33 bits per heavy atom. The van der Waals surface area contributed by atoms with E-state index in [4.69, 9.17) is 11.0 Å². The zero-order chi connectivity index (χ0) is 19.0. The van der Waals surface area contributed by atoms with E-state index in [0.717, 1.165) is 5.39 Å². The van der Waals surface area contributed by atoms with Gasteiger partial charge in [-0.3, -0.25) is 9.48 Å². The number of carbonyl (C=O) groups excluding carboxylic acids is 1. The van der Waals surface area contributed by atoms with E-state index in [1.807, 2.05) is 12.1 Å². The molecule has 4 heterocycles. The maximum atomic E-state index is 11.9. The lowest BCUT2D eigenvalue weighted by Gasteiger charge is -2.48. The van der Waals surface area contributed by atoms with E-state index in [-0.39, 0.29) is 24.6 Å². The SMILES string of the molecule is N#CCC(=O)N1CC(CC#N)(n2cc(-c3ncnc4[nH]ccc34)c(N)n2)C1. The van der Waals surface area contributed by atoms with Crippen LogP contribution >= 0.6 is 0 Å². The Morgan fingerprint density at radius 3 is 2.89 bits per heavy atom. The molecule has 3 aromatic heterocycles. The first-order valence-electron chi connectivity index (χ1n) is 8.24. The quantitative estimate of drug-likeness (QED) is 0.695. The number of H-pyrrole nitrogens is 1. The van der Waals surface area contributed by atoms with Crippen LogP contribution in [0.5, 0.6) is 0 Å². The van der Waals surface area contributed by atoms with Crippen LogP contribution in [0.1, 0.15) is 12.8 Å². The fourth-order valence-corrected chi connectivity index (χ4v) is 3.40. The second-order valence-electron chi connectivity index (χ2n) is 6.48. The highest BCUT2D eigenvalue weighted by Gasteiger charge is 2.47. The van der Waals surface area contributed by atoms with Gasteiger partial charge in [-0.1, -0.05) is 0 Å². The second kappa shape index (κ2) is 6.11. The number of fused-ring (bicyclic) bond motifs is 1. The molecular weight excluding hydrogens is 346 g/mol. The Hall–Kier alpha value is -3.92. The predicted octanol–water partition coefficient (Wildman–Crippen LogP) is 0.768. The summed E-state index contributed by atoms with van der Waals surface area (Å²) >= 11 is 0. The summed E-state index contributed by atoms with van der Waals surface area (Å²) in [5, 5.41) is 23.2. The minimum Gasteiger partial charge on any atom is -0.382 e. The summed E-state index contributed by atoms with van der Waals surface area (Å²) in [6.07, 6.45) is 4.97. The monoisotopic (exact) mass is 361 g/mol. The molecule has 4 rings (SSSR count). The van der Waals surface area contributed by atoms with Crippen molar-refractivity contribution in [3.8, 4) is 23.4 Å². The number of aromatic nitrogens is 5. The molecule has 1 amide bonds. The van der Waals surface area contributed by atoms with Gasteiger partial charge in [0.1, 0.15) is 23.9 Å². The van der Waals surface area contributed by atoms with Crippen molar-refractivity contribution < 1.29 is 4.79 Å². The molecular formula is C17H15N9O. The van der Waals surface area contributed by atoms with Crippen LogP contribution in [0.25, 0.3) is 22.3 Å². The number of nitrogens with zero attached hydrogens (tertiary/aromatic N) is 7. The minimum absolute atomic E-state index is 0.174. The van der Waals surface area contributed by atoms with Gasteiger partial charge < -0.3 is 15.6 Å². The fourth-order valence-electron chi connectivity index (χ4n) is 3.40. The van der Waals surface area contributed by atoms with Gasteiger partial charge in [-0.25, -0.2) is 9.97 Å². The molecule has 0 atom stereocenters. The van der Waals surface area contributed by atoms with Gasteiger partial charge >= 0.3 is 0 Å². The zero-order valence-corrected chi connectivity index (χ0v) is 14.3. The maximum Gasteiger partial charge on any atom is 0.236 e. The molecule has 1 saturated heterocycles. The van der Waals surface area contributed by atoms with E-state index in [2.05, 4.69) is 26.1 Å². The van der Waals surface area contributed by atoms with Gasteiger partial charge in [0, 0.05) is 30.9 Å². The van der Waals surface area contributed by atoms with Crippen LogP contribution in [0.2, 0.25) is 0 Å². The molecule has 0 aliphatic carbocycles. The van der Waals surface area contributed by atoms with Crippen molar-refractivity contribution in [2.75, 3.05) is 18.8 Å². The van der Waals surface area contributed by atoms with E-state index < -0.39 is 5.54 Å². The van der Waals surface area contributed by atoms with Gasteiger partial charge in [-0.2, -0.15) is 15.6 Å². The van der Waals surface area contributed by atoms with Crippen LogP contribution in [0.4, 0.5) is 5.82 Å². The highest BCUT2D eigenvalue weighted by molar-refractivity contribution is 5.93. The summed E-state index contributed by atoms with van der Waals surface area (Å²) in [5.74, 6) is 0.0339. The van der Waals surface area contributed by atoms with Crippen LogP contribution < -0.4 is 5.73 Å². The van der Waals surface area contributed by atoms with Crippen molar-refractivity contribution in [3.05, 3.63) is 24.8 Å². The maximum absolute atomic E-state index is 11.9. The molecule has 0 unspecified atom stereocenters. The molecule has 0 bridgehead atoms. The number of nitriles is 2. The Morgan fingerprint density at radius 2 is 2.15 bits per heavy atom. The van der Waals surface area contributed by atoms with Crippen LogP contribution in [0.3, 0.4) is 0 Å². The first-order valence-corrected chi connectivity index (χ1v) is 8.24. The van der Waals surface area contributed by atoms with E-state index >= 15 is 0 Å². The number of likely N-dealkylation sites (tertiary alicyclic amines) is 1. The highest BCUT2D eigenvalue weighted by atomic mass is 16.2. The molecule has 0 aromatic carbocycles. The number of rotatable bonds is 4. The number of carbonyl (C=O) groups is 1. The Kier molecular flexibility index (Phi) is 3.74. The molecule has 3 aromatic rings. The molecule has 3 N–H and O–H groups in total. The first kappa shape index (κ1) is 16.5. The lowest BCUT2D eigenvalue weighted by atomic mass is 9.86. The van der Waals surface area contributed by atoms with Crippen LogP contribution in [0, 0.1) is 22.7 Å². The standard InChI is InChI=1S/C17H15N9O/c18-4-1-13(27)25-8-17(9-25,3-5-19)26-7-12(15(20)24-26)14-11-2-6-21-16(11)23-10-22-14/h2,6-7,10H,1,3,8-9H2,(H2,20,24)(H,21,22,23). The largest absolute Gasteiger partial charge is 0.382 e. The molecule has 27 heavy (non-hydrogen) atoms. The lowest BCUT2D eigenvalue weighted by Crippen LogP contribution is -2.64. The molecule has 134 valence electrons. The number of aromatic amines is 1. The van der Waals surface area contributed by atoms with Crippen molar-refractivity contribution >= 4 is 22.8 Å². The Bertz CT molecular complexity index is 1110. The van der Waals surface area contributed by atoms with Gasteiger partial charge in [0.15, 0.2) is 5.82 Å². The number of nitrogen functional groups attached to an aromatic ring is 1. The number of nitrogens with one attached hydrogen (secondary N) is 1. The van der Waals surface area contributed by atoms with Gasteiger partial charge in [0.25, 0.3) is 0 Å². The van der Waals surface area contributed by atoms with Crippen molar-refractivity contribution in [3.63, 3.8) is 0 Å². The number of hydrogen-bond acceptors (Lipinski definition) is 7. The Balaban J connectivity index is 1.70. The van der Waals surface area contributed by atoms with E-state index in [1.165, 1.54) is 6.33 Å². The summed E-state index contributed by atoms with van der Waals surface area (Å²) in [4.78, 5) is 25.0. The van der Waals surface area contributed by atoms with E-state index in [0.29, 0.717) is 30.0 Å². The normalized spacial score (nSPS) is 15.1. The average Bonchev–Trinajstić information content (AvgIpc) is 3.24. The second-order valence-corrected chi connectivity index (χ2v) is 6.48. The van der Waals surface area contributed by atoms with Crippen LogP contribution in [-0.2, 0) is 10.3 Å². The Labute approximate surface area is 153 Å². The third kappa shape index (κ3) is 2.55. The molecule has 1 aliphatic rings. The summed E-state index contributed by atoms with van der Waals surface area (Å²) in [6.45, 7) is 0.621. The minimum atomic E-state index is -0.656. The molecule has 1 fully saturated rings. The summed E-state index contributed by atoms with van der Waals surface area (Å²) in [7, 11) is 0. The fraction of sp³-hybridized carbons (Fsp3) is 0.294. The molecule has 0 radical (unpaired) electrons. The first-order chi connectivity index (χ1) is 13.1. The summed E-state index contributed by atoms with van der Waals surface area (Å²) in [6, 6.07) is 5.87. The smallest absolute Gasteiger partial charge is 0.236 e. The van der Waals surface area contributed by atoms with E-state index in [1.54, 1.807) is 22.0 Å². The molecule has 10 nitrogen and oxygen atoms in total. The molecule has 0 spiro atoms. The lowest BCUT2D eigenvalue weighted by molar-refractivity contribution is -0.141. The topological polar surface area (TPSA) is 153 Å². The number of nitrogens with two attached hydrogens (primary N) is 1. The third-order valence-corrected chi connectivity index (χ3v) is 4.80. The number of amides is 1. The van der Waals surface area contributed by atoms with Crippen LogP contribution in [-0.4, -0.2) is 48.6 Å². The van der Waals surface area contributed by atoms with Gasteiger partial charge in [-0.05, 0) is 6.07 Å². The van der Waals surface area contributed by atoms with Crippen molar-refractivity contribution in [1.29, 1.82) is 10.5 Å². The highest BCUT2D eigenvalue weighted by Crippen LogP contribution is 2.36. The van der Waals surface area contributed by atoms with Crippen molar-refractivity contribution in [2.24, 2.45) is 0 Å². The predicted molar refractivity (Wildman–Crippen MR) is 94.5 cm³/mol. The van der Waals surface area contributed by atoms with E-state index in [9.17, 15) is 10.1 Å². The number of hydrogen-bond donors (Lipinski definition) is 2. The van der Waals surface area contributed by atoms with Gasteiger partial charge in [-0.15, -0.1) is 0 Å². The molecule has 10 heteroatoms. The zero-order valence-electron chi connectivity index (χ0n) is 14.3. The molecule has 0 saturated carbocycles. The van der Waals surface area contributed by atoms with Gasteiger partial charge in [0.05, 0.1) is 29.8 Å². The van der Waals surface area contributed by atoms with Crippen molar-refractivity contribution in [2.45, 2.75) is 18.4 Å². The average molecular weight is 361 g/mol. The summed E-state index contributed by atoms with van der Waals surface area (Å²) < 4.78 is 1.65. The molecule has 1 aliphatic heterocycles. The summed E-state index contributed by atoms with van der Waals surface area (Å²) in [5.41, 5.74) is 7.46. The van der Waals surface area contributed by atoms with Gasteiger partial charge in [0.2, 0.25) is 5.91 Å². The van der Waals surface area contributed by atoms with Crippen LogP contribution in [0.15, 0.2) is 24.8 Å².